The number of hydrogen-bond acceptors (Lipinski definition) is 3. The second kappa shape index (κ2) is 5.85. The number of Topliss-reactive ketones (excluding diaryl/α,β-unsaturated/α-hetero) is 1. The second-order valence-corrected chi connectivity index (χ2v) is 6.07. The Balaban J connectivity index is 1.94. The summed E-state index contributed by atoms with van der Waals surface area (Å²) in [7, 11) is 1.69. The fourth-order valence-corrected chi connectivity index (χ4v) is 2.67. The zero-order valence-corrected chi connectivity index (χ0v) is 12.9. The number of hydrogen-bond donors (Lipinski definition) is 2. The van der Waals surface area contributed by atoms with E-state index in [9.17, 15) is 9.59 Å². The zero-order chi connectivity index (χ0) is 15.6. The lowest BCUT2D eigenvalue weighted by molar-refractivity contribution is -0.0931. The van der Waals surface area contributed by atoms with Gasteiger partial charge in [0.2, 0.25) is 0 Å². The van der Waals surface area contributed by atoms with Crippen molar-refractivity contribution in [2.45, 2.75) is 39.3 Å². The Morgan fingerprint density at radius 3 is 2.62 bits per heavy atom. The average molecular weight is 290 g/mol. The quantitative estimate of drug-likeness (QED) is 0.838. The lowest BCUT2D eigenvalue weighted by Crippen LogP contribution is -2.62. The molecule has 21 heavy (non-hydrogen) atoms. The maximum atomic E-state index is 12.0. The number of carbonyl (C=O) groups excluding carboxylic acids is 2. The fourth-order valence-electron chi connectivity index (χ4n) is 2.67. The molecule has 5 nitrogen and oxygen atoms in total. The predicted octanol–water partition coefficient (Wildman–Crippen LogP) is 2.82. The number of methoxy groups -OCH3 is 1. The van der Waals surface area contributed by atoms with Crippen molar-refractivity contribution in [1.82, 2.24) is 5.32 Å². The molecule has 2 N–H and O–H groups in total. The molecule has 0 heterocycles. The van der Waals surface area contributed by atoms with Gasteiger partial charge in [-0.05, 0) is 25.5 Å². The van der Waals surface area contributed by atoms with Gasteiger partial charge in [0.25, 0.3) is 0 Å². The van der Waals surface area contributed by atoms with E-state index in [0.29, 0.717) is 11.3 Å². The molecule has 1 aromatic rings. The highest BCUT2D eigenvalue weighted by Crippen LogP contribution is 2.42. The summed E-state index contributed by atoms with van der Waals surface area (Å²) in [6.07, 6.45) is 0.980. The molecule has 1 fully saturated rings. The number of ether oxygens (including phenoxy) is 1. The van der Waals surface area contributed by atoms with Gasteiger partial charge in [-0.15, -0.1) is 0 Å². The van der Waals surface area contributed by atoms with Gasteiger partial charge in [0.15, 0.2) is 5.78 Å². The molecule has 0 saturated heterocycles. The molecule has 1 saturated carbocycles. The van der Waals surface area contributed by atoms with Gasteiger partial charge in [0, 0.05) is 29.8 Å². The van der Waals surface area contributed by atoms with Crippen molar-refractivity contribution in [3.8, 4) is 0 Å². The van der Waals surface area contributed by atoms with E-state index in [-0.39, 0.29) is 29.4 Å². The molecule has 2 rings (SSSR count). The largest absolute Gasteiger partial charge is 0.381 e. The van der Waals surface area contributed by atoms with Crippen LogP contribution in [0, 0.1) is 5.41 Å². The fraction of sp³-hybridized carbons (Fsp3) is 0.500. The molecular weight excluding hydrogens is 268 g/mol. The van der Waals surface area contributed by atoms with Gasteiger partial charge in [-0.1, -0.05) is 26.0 Å². The summed E-state index contributed by atoms with van der Waals surface area (Å²) < 4.78 is 5.36. The summed E-state index contributed by atoms with van der Waals surface area (Å²) in [5, 5.41) is 5.72. The van der Waals surface area contributed by atoms with Crippen molar-refractivity contribution < 1.29 is 14.3 Å². The first-order valence-electron chi connectivity index (χ1n) is 7.06. The van der Waals surface area contributed by atoms with Crippen LogP contribution in [0.4, 0.5) is 10.5 Å². The second-order valence-electron chi connectivity index (χ2n) is 6.07. The predicted molar refractivity (Wildman–Crippen MR) is 81.6 cm³/mol. The first kappa shape index (κ1) is 15.5. The SMILES string of the molecule is COC1CC(NC(=O)Nc2cccc(C(C)=O)c2)C1(C)C. The average Bonchev–Trinajstić information content (AvgIpc) is 2.43. The van der Waals surface area contributed by atoms with Crippen LogP contribution in [0.25, 0.3) is 0 Å². The number of anilines is 1. The topological polar surface area (TPSA) is 67.4 Å². The van der Waals surface area contributed by atoms with E-state index in [4.69, 9.17) is 4.74 Å². The molecule has 1 aliphatic rings. The van der Waals surface area contributed by atoms with Crippen molar-refractivity contribution in [1.29, 1.82) is 0 Å². The third-order valence-electron chi connectivity index (χ3n) is 4.29. The number of ketones is 1. The molecule has 1 aromatic carbocycles. The van der Waals surface area contributed by atoms with E-state index in [2.05, 4.69) is 24.5 Å². The monoisotopic (exact) mass is 290 g/mol. The van der Waals surface area contributed by atoms with Gasteiger partial charge >= 0.3 is 6.03 Å². The van der Waals surface area contributed by atoms with Crippen LogP contribution < -0.4 is 10.6 Å². The smallest absolute Gasteiger partial charge is 0.319 e. The van der Waals surface area contributed by atoms with Gasteiger partial charge in [0.1, 0.15) is 0 Å². The molecule has 1 aliphatic carbocycles. The molecule has 0 spiro atoms. The van der Waals surface area contributed by atoms with Crippen molar-refractivity contribution in [2.24, 2.45) is 5.41 Å². The maximum Gasteiger partial charge on any atom is 0.319 e. The van der Waals surface area contributed by atoms with Gasteiger partial charge in [-0.25, -0.2) is 4.79 Å². The molecule has 2 atom stereocenters. The minimum atomic E-state index is -0.261. The number of amides is 2. The summed E-state index contributed by atoms with van der Waals surface area (Å²) in [6.45, 7) is 5.65. The van der Waals surface area contributed by atoms with Gasteiger partial charge in [0.05, 0.1) is 6.10 Å². The number of nitrogens with one attached hydrogen (secondary N) is 2. The van der Waals surface area contributed by atoms with Crippen LogP contribution in [-0.2, 0) is 4.74 Å². The van der Waals surface area contributed by atoms with E-state index >= 15 is 0 Å². The maximum absolute atomic E-state index is 12.0. The minimum absolute atomic E-state index is 0.0258. The first-order valence-corrected chi connectivity index (χ1v) is 7.06. The molecule has 0 bridgehead atoms. The van der Waals surface area contributed by atoms with E-state index < -0.39 is 0 Å². The van der Waals surface area contributed by atoms with Crippen molar-refractivity contribution in [3.05, 3.63) is 29.8 Å². The van der Waals surface area contributed by atoms with Crippen LogP contribution in [0.5, 0.6) is 0 Å². The molecule has 0 radical (unpaired) electrons. The molecule has 5 heteroatoms. The van der Waals surface area contributed by atoms with E-state index in [1.807, 2.05) is 0 Å². The Bertz CT molecular complexity index is 554. The molecular formula is C16H22N2O3. The highest BCUT2D eigenvalue weighted by atomic mass is 16.5. The third kappa shape index (κ3) is 3.24. The van der Waals surface area contributed by atoms with Gasteiger partial charge in [-0.2, -0.15) is 0 Å². The van der Waals surface area contributed by atoms with Crippen LogP contribution in [0.2, 0.25) is 0 Å². The first-order chi connectivity index (χ1) is 9.84. The van der Waals surface area contributed by atoms with E-state index in [0.717, 1.165) is 6.42 Å². The van der Waals surface area contributed by atoms with Crippen LogP contribution in [-0.4, -0.2) is 31.1 Å². The standard InChI is InChI=1S/C16H22N2O3/c1-10(19)11-6-5-7-12(8-11)17-15(20)18-13-9-14(21-4)16(13,2)3/h5-8,13-14H,9H2,1-4H3,(H2,17,18,20). The molecule has 2 amide bonds. The molecule has 2 unspecified atom stereocenters. The normalized spacial score (nSPS) is 23.0. The number of benzene rings is 1. The Hall–Kier alpha value is -1.88. The highest BCUT2D eigenvalue weighted by molar-refractivity contribution is 5.96. The lowest BCUT2D eigenvalue weighted by atomic mass is 9.64. The van der Waals surface area contributed by atoms with Gasteiger partial charge < -0.3 is 15.4 Å². The van der Waals surface area contributed by atoms with Crippen LogP contribution in [0.15, 0.2) is 24.3 Å². The summed E-state index contributed by atoms with van der Waals surface area (Å²) >= 11 is 0. The number of carbonyl (C=O) groups is 2. The molecule has 0 aliphatic heterocycles. The van der Waals surface area contributed by atoms with Crippen molar-refractivity contribution >= 4 is 17.5 Å². The summed E-state index contributed by atoms with van der Waals surface area (Å²) in [4.78, 5) is 23.4. The summed E-state index contributed by atoms with van der Waals surface area (Å²) in [5.41, 5.74) is 1.12. The number of urea groups is 1. The van der Waals surface area contributed by atoms with Gasteiger partial charge in [-0.3, -0.25) is 4.79 Å². The Kier molecular flexibility index (Phi) is 4.32. The van der Waals surface area contributed by atoms with Crippen LogP contribution in [0.3, 0.4) is 0 Å². The number of rotatable bonds is 4. The summed E-state index contributed by atoms with van der Waals surface area (Å²) in [6, 6.07) is 6.73. The third-order valence-corrected chi connectivity index (χ3v) is 4.29. The molecule has 114 valence electrons. The van der Waals surface area contributed by atoms with Crippen molar-refractivity contribution in [3.63, 3.8) is 0 Å². The molecule has 0 aromatic heterocycles. The van der Waals surface area contributed by atoms with Crippen LogP contribution >= 0.6 is 0 Å². The van der Waals surface area contributed by atoms with Crippen LogP contribution in [0.1, 0.15) is 37.6 Å². The summed E-state index contributed by atoms with van der Waals surface area (Å²) in [5.74, 6) is -0.0258. The Morgan fingerprint density at radius 1 is 1.33 bits per heavy atom. The van der Waals surface area contributed by atoms with E-state index in [1.165, 1.54) is 6.92 Å². The minimum Gasteiger partial charge on any atom is -0.381 e. The van der Waals surface area contributed by atoms with E-state index in [1.54, 1.807) is 31.4 Å². The van der Waals surface area contributed by atoms with Crippen molar-refractivity contribution in [2.75, 3.05) is 12.4 Å². The zero-order valence-electron chi connectivity index (χ0n) is 12.9. The lowest BCUT2D eigenvalue weighted by Gasteiger charge is -2.51. The Labute approximate surface area is 125 Å². The Morgan fingerprint density at radius 2 is 2.05 bits per heavy atom. The highest BCUT2D eigenvalue weighted by Gasteiger charge is 2.49.